The Hall–Kier alpha value is -6.32. The van der Waals surface area contributed by atoms with Gasteiger partial charge in [0.15, 0.2) is 0 Å². The number of hydrogen-bond donors (Lipinski definition) is 4. The van der Waals surface area contributed by atoms with E-state index in [1.54, 1.807) is 34.1 Å². The number of piperazine rings is 1. The molecule has 3 aromatic carbocycles. The lowest BCUT2D eigenvalue weighted by Crippen LogP contribution is -2.51. The number of amides is 5. The highest BCUT2D eigenvalue weighted by atomic mass is 16.6. The van der Waals surface area contributed by atoms with Gasteiger partial charge in [0.2, 0.25) is 17.6 Å². The molecule has 0 radical (unpaired) electrons. The van der Waals surface area contributed by atoms with Crippen LogP contribution < -0.4 is 16.0 Å². The molecule has 0 spiro atoms. The van der Waals surface area contributed by atoms with E-state index in [-0.39, 0.29) is 42.1 Å². The molecular weight excluding hydrogens is 779 g/mol. The van der Waals surface area contributed by atoms with Crippen molar-refractivity contribution in [1.82, 2.24) is 41.1 Å². The number of rotatable bonds is 11. The van der Waals surface area contributed by atoms with Crippen molar-refractivity contribution >= 4 is 35.6 Å². The van der Waals surface area contributed by atoms with Gasteiger partial charge in [0, 0.05) is 61.9 Å². The molecule has 1 unspecified atom stereocenters. The standard InChI is InChI=1S/C45H57N9O7/c1-44(2,3)60-42(58)46-28-30-9-13-34(14-10-30)39(55)48-37(40(56)47-36-21-19-33(20-22-36)38-49-51-52-50-38)27-29-7-11-31(12-8-29)32-15-17-35(18-16-32)41(57)53-23-25-54(26-24-53)43(59)61-45(4,5)6/h7-8,11-12,15-22,30,34,37H,9-10,13-14,23-28H2,1-6H3,(H,46,58)(H,47,56)(H,48,55)(H,49,50,51,52). The number of carbonyl (C=O) groups is 5. The van der Waals surface area contributed by atoms with Crippen LogP contribution in [-0.4, -0.2) is 110 Å². The molecule has 1 aliphatic heterocycles. The summed E-state index contributed by atoms with van der Waals surface area (Å²) in [7, 11) is 0. The largest absolute Gasteiger partial charge is 0.444 e. The SMILES string of the molecule is CC(C)(C)OC(=O)NCC1CCC(C(=O)NC(Cc2ccc(-c3ccc(C(=O)N4CCN(C(=O)OC(C)(C)C)CC4)cc3)cc2)C(=O)Nc2ccc(-c3nn[nH]n3)cc2)CC1. The fraction of sp³-hybridized carbons (Fsp3) is 0.467. The predicted octanol–water partition coefficient (Wildman–Crippen LogP) is 6.22. The van der Waals surface area contributed by atoms with Crippen molar-refractivity contribution in [2.45, 2.75) is 90.9 Å². The van der Waals surface area contributed by atoms with Gasteiger partial charge >= 0.3 is 12.2 Å². The molecule has 1 atom stereocenters. The zero-order chi connectivity index (χ0) is 43.7. The summed E-state index contributed by atoms with van der Waals surface area (Å²) < 4.78 is 10.8. The Balaban J connectivity index is 1.07. The third-order valence-electron chi connectivity index (χ3n) is 10.6. The monoisotopic (exact) mass is 835 g/mol. The summed E-state index contributed by atoms with van der Waals surface area (Å²) in [4.78, 5) is 68.9. The average molecular weight is 836 g/mol. The summed E-state index contributed by atoms with van der Waals surface area (Å²) >= 11 is 0. The van der Waals surface area contributed by atoms with Gasteiger partial charge in [-0.1, -0.05) is 36.4 Å². The second-order valence-electron chi connectivity index (χ2n) is 17.7. The van der Waals surface area contributed by atoms with Gasteiger partial charge in [0.1, 0.15) is 17.2 Å². The molecule has 61 heavy (non-hydrogen) atoms. The smallest absolute Gasteiger partial charge is 0.410 e. The van der Waals surface area contributed by atoms with Crippen molar-refractivity contribution in [2.24, 2.45) is 11.8 Å². The van der Waals surface area contributed by atoms with Crippen LogP contribution in [0.3, 0.4) is 0 Å². The molecule has 16 heteroatoms. The normalized spacial score (nSPS) is 17.5. The van der Waals surface area contributed by atoms with Gasteiger partial charge in [-0.25, -0.2) is 9.59 Å². The van der Waals surface area contributed by atoms with E-state index in [0.717, 1.165) is 35.1 Å². The van der Waals surface area contributed by atoms with E-state index in [0.29, 0.717) is 62.6 Å². The van der Waals surface area contributed by atoms with Gasteiger partial charge in [-0.15, -0.1) is 10.2 Å². The highest BCUT2D eigenvalue weighted by Gasteiger charge is 2.31. The quantitative estimate of drug-likeness (QED) is 0.134. The summed E-state index contributed by atoms with van der Waals surface area (Å²) in [5.74, 6) is -0.230. The van der Waals surface area contributed by atoms with Crippen LogP contribution in [-0.2, 0) is 25.5 Å². The number of nitrogens with one attached hydrogen (secondary N) is 4. The topological polar surface area (TPSA) is 201 Å². The molecule has 2 aliphatic rings. The Morgan fingerprint density at radius 2 is 1.31 bits per heavy atom. The Bertz CT molecular complexity index is 2110. The first-order chi connectivity index (χ1) is 29.0. The number of ether oxygens (including phenoxy) is 2. The second kappa shape index (κ2) is 19.4. The van der Waals surface area contributed by atoms with E-state index in [1.165, 1.54) is 0 Å². The van der Waals surface area contributed by atoms with Crippen LogP contribution in [0.1, 0.15) is 83.1 Å². The number of tetrazole rings is 1. The van der Waals surface area contributed by atoms with E-state index in [1.807, 2.05) is 90.1 Å². The van der Waals surface area contributed by atoms with E-state index in [2.05, 4.69) is 36.6 Å². The molecule has 4 N–H and O–H groups in total. The van der Waals surface area contributed by atoms with Crippen molar-refractivity contribution in [2.75, 3.05) is 38.0 Å². The van der Waals surface area contributed by atoms with Crippen LogP contribution in [0, 0.1) is 11.8 Å². The molecular formula is C45H57N9O7. The van der Waals surface area contributed by atoms with Crippen LogP contribution in [0.2, 0.25) is 0 Å². The molecule has 1 aromatic heterocycles. The molecule has 6 rings (SSSR count). The van der Waals surface area contributed by atoms with Crippen molar-refractivity contribution in [3.05, 3.63) is 83.9 Å². The molecule has 5 amide bonds. The van der Waals surface area contributed by atoms with E-state index in [4.69, 9.17) is 9.47 Å². The third-order valence-corrected chi connectivity index (χ3v) is 10.6. The summed E-state index contributed by atoms with van der Waals surface area (Å²) in [5.41, 5.74) is 3.38. The predicted molar refractivity (Wildman–Crippen MR) is 229 cm³/mol. The number of aromatic nitrogens is 4. The van der Waals surface area contributed by atoms with Crippen LogP contribution in [0.5, 0.6) is 0 Å². The van der Waals surface area contributed by atoms with Crippen LogP contribution >= 0.6 is 0 Å². The van der Waals surface area contributed by atoms with Crippen LogP contribution in [0.25, 0.3) is 22.5 Å². The van der Waals surface area contributed by atoms with Crippen molar-refractivity contribution in [1.29, 1.82) is 0 Å². The minimum Gasteiger partial charge on any atom is -0.444 e. The summed E-state index contributed by atoms with van der Waals surface area (Å²) in [6.07, 6.45) is 2.24. The minimum atomic E-state index is -0.863. The van der Waals surface area contributed by atoms with Gasteiger partial charge in [0.25, 0.3) is 5.91 Å². The summed E-state index contributed by atoms with van der Waals surface area (Å²) in [5, 5.41) is 22.9. The second-order valence-corrected chi connectivity index (χ2v) is 17.7. The minimum absolute atomic E-state index is 0.0942. The molecule has 16 nitrogen and oxygen atoms in total. The first kappa shape index (κ1) is 44.2. The number of H-pyrrole nitrogens is 1. The molecule has 2 fully saturated rings. The maximum absolute atomic E-state index is 13.9. The zero-order valence-corrected chi connectivity index (χ0v) is 35.8. The fourth-order valence-corrected chi connectivity index (χ4v) is 7.36. The lowest BCUT2D eigenvalue weighted by atomic mass is 9.81. The van der Waals surface area contributed by atoms with E-state index < -0.39 is 23.3 Å². The zero-order valence-electron chi connectivity index (χ0n) is 35.8. The lowest BCUT2D eigenvalue weighted by molar-refractivity contribution is -0.130. The number of hydrogen-bond acceptors (Lipinski definition) is 10. The lowest BCUT2D eigenvalue weighted by Gasteiger charge is -2.35. The number of nitrogens with zero attached hydrogens (tertiary/aromatic N) is 5. The number of alkyl carbamates (subject to hydrolysis) is 1. The van der Waals surface area contributed by atoms with Gasteiger partial charge in [-0.2, -0.15) is 5.21 Å². The number of benzene rings is 3. The maximum Gasteiger partial charge on any atom is 0.410 e. The number of anilines is 1. The first-order valence-corrected chi connectivity index (χ1v) is 20.9. The van der Waals surface area contributed by atoms with E-state index in [9.17, 15) is 24.0 Å². The fourth-order valence-electron chi connectivity index (χ4n) is 7.36. The van der Waals surface area contributed by atoms with E-state index >= 15 is 0 Å². The average Bonchev–Trinajstić information content (AvgIpc) is 3.77. The van der Waals surface area contributed by atoms with Crippen molar-refractivity contribution in [3.63, 3.8) is 0 Å². The van der Waals surface area contributed by atoms with Gasteiger partial charge in [-0.3, -0.25) is 14.4 Å². The molecule has 0 bridgehead atoms. The number of carbonyl (C=O) groups excluding carboxylic acids is 5. The number of aromatic amines is 1. The Morgan fingerprint density at radius 3 is 1.89 bits per heavy atom. The Morgan fingerprint density at radius 1 is 0.738 bits per heavy atom. The summed E-state index contributed by atoms with van der Waals surface area (Å²) in [6.45, 7) is 13.1. The molecule has 4 aromatic rings. The van der Waals surface area contributed by atoms with Crippen LogP contribution in [0.15, 0.2) is 72.8 Å². The molecule has 1 aliphatic carbocycles. The third kappa shape index (κ3) is 12.8. The van der Waals surface area contributed by atoms with Gasteiger partial charge in [0.05, 0.1) is 0 Å². The molecule has 324 valence electrons. The van der Waals surface area contributed by atoms with Crippen molar-refractivity contribution in [3.8, 4) is 22.5 Å². The Labute approximate surface area is 356 Å². The molecule has 1 saturated carbocycles. The molecule has 2 heterocycles. The maximum atomic E-state index is 13.9. The summed E-state index contributed by atoms with van der Waals surface area (Å²) in [6, 6.07) is 21.4. The highest BCUT2D eigenvalue weighted by Crippen LogP contribution is 2.29. The van der Waals surface area contributed by atoms with Gasteiger partial charge < -0.3 is 35.2 Å². The van der Waals surface area contributed by atoms with Crippen molar-refractivity contribution < 1.29 is 33.4 Å². The first-order valence-electron chi connectivity index (χ1n) is 20.9. The Kier molecular flexibility index (Phi) is 14.1. The highest BCUT2D eigenvalue weighted by molar-refractivity contribution is 5.98. The van der Waals surface area contributed by atoms with Gasteiger partial charge in [-0.05, 0) is 131 Å². The van der Waals surface area contributed by atoms with Crippen LogP contribution in [0.4, 0.5) is 15.3 Å². The molecule has 1 saturated heterocycles.